The molecular weight excluding hydrogens is 226 g/mol. The summed E-state index contributed by atoms with van der Waals surface area (Å²) < 4.78 is 0.941. The van der Waals surface area contributed by atoms with Crippen molar-refractivity contribution in [2.75, 3.05) is 0 Å². The maximum Gasteiger partial charge on any atom is 0.156 e. The Morgan fingerprint density at radius 1 is 1.38 bits per heavy atom. The quantitative estimate of drug-likeness (QED) is 0.794. The molecule has 2 aromatic rings. The first-order valence-corrected chi connectivity index (χ1v) is 5.47. The molecule has 2 rings (SSSR count). The van der Waals surface area contributed by atoms with Gasteiger partial charge in [-0.05, 0) is 11.8 Å². The van der Waals surface area contributed by atoms with Gasteiger partial charge in [0.2, 0.25) is 0 Å². The summed E-state index contributed by atoms with van der Waals surface area (Å²) in [6, 6.07) is 0. The number of rotatable bonds is 2. The minimum absolute atomic E-state index is 0.404. The van der Waals surface area contributed by atoms with Gasteiger partial charge in [0.05, 0.1) is 12.4 Å². The molecule has 0 fully saturated rings. The Hall–Kier alpha value is -0.650. The van der Waals surface area contributed by atoms with Gasteiger partial charge in [0.1, 0.15) is 10.2 Å². The predicted molar refractivity (Wildman–Crippen MR) is 53.3 cm³/mol. The molecule has 0 amide bonds. The molecule has 0 spiro atoms. The molecular formula is C7H4ClN3S2. The van der Waals surface area contributed by atoms with Crippen molar-refractivity contribution >= 4 is 34.7 Å². The molecule has 0 unspecified atom stereocenters. The van der Waals surface area contributed by atoms with E-state index in [2.05, 4.69) is 15.0 Å². The van der Waals surface area contributed by atoms with Crippen molar-refractivity contribution in [1.29, 1.82) is 0 Å². The monoisotopic (exact) mass is 229 g/mol. The molecule has 0 aliphatic rings. The second kappa shape index (κ2) is 4.04. The molecule has 13 heavy (non-hydrogen) atoms. The van der Waals surface area contributed by atoms with Crippen LogP contribution in [0.4, 0.5) is 0 Å². The van der Waals surface area contributed by atoms with Crippen molar-refractivity contribution < 1.29 is 0 Å². The molecule has 0 bridgehead atoms. The molecule has 0 aromatic carbocycles. The Balaban J connectivity index is 2.19. The minimum atomic E-state index is 0.404. The van der Waals surface area contributed by atoms with Gasteiger partial charge >= 0.3 is 0 Å². The molecule has 3 nitrogen and oxygen atoms in total. The summed E-state index contributed by atoms with van der Waals surface area (Å²) in [6.07, 6.45) is 4.93. The average Bonchev–Trinajstić information content (AvgIpc) is 2.57. The van der Waals surface area contributed by atoms with E-state index in [1.54, 1.807) is 23.7 Å². The Morgan fingerprint density at radius 2 is 2.31 bits per heavy atom. The average molecular weight is 230 g/mol. The topological polar surface area (TPSA) is 38.7 Å². The van der Waals surface area contributed by atoms with Crippen LogP contribution >= 0.6 is 34.7 Å². The highest BCUT2D eigenvalue weighted by atomic mass is 35.5. The zero-order valence-electron chi connectivity index (χ0n) is 6.35. The van der Waals surface area contributed by atoms with Crippen LogP contribution < -0.4 is 0 Å². The minimum Gasteiger partial charge on any atom is -0.259 e. The predicted octanol–water partition coefficient (Wildman–Crippen LogP) is 2.74. The van der Waals surface area contributed by atoms with E-state index < -0.39 is 0 Å². The normalized spacial score (nSPS) is 10.2. The fraction of sp³-hybridized carbons (Fsp3) is 0. The number of hydrogen-bond donors (Lipinski definition) is 0. The lowest BCUT2D eigenvalue weighted by Gasteiger charge is -1.95. The fourth-order valence-corrected chi connectivity index (χ4v) is 2.45. The van der Waals surface area contributed by atoms with Crippen molar-refractivity contribution in [2.24, 2.45) is 0 Å². The van der Waals surface area contributed by atoms with Crippen LogP contribution in [0.1, 0.15) is 0 Å². The van der Waals surface area contributed by atoms with Crippen molar-refractivity contribution in [3.63, 3.8) is 0 Å². The number of aromatic nitrogens is 3. The summed E-state index contributed by atoms with van der Waals surface area (Å²) in [5.74, 6) is 0. The Labute approximate surface area is 88.2 Å². The first-order chi connectivity index (χ1) is 6.34. The van der Waals surface area contributed by atoms with Crippen LogP contribution in [0.5, 0.6) is 0 Å². The molecule has 0 radical (unpaired) electrons. The molecule has 0 saturated heterocycles. The highest BCUT2D eigenvalue weighted by molar-refractivity contribution is 8.00. The highest BCUT2D eigenvalue weighted by Crippen LogP contribution is 2.27. The lowest BCUT2D eigenvalue weighted by atomic mass is 10.8. The van der Waals surface area contributed by atoms with Crippen LogP contribution in [0, 0.1) is 0 Å². The molecule has 0 aliphatic heterocycles. The number of halogens is 1. The largest absolute Gasteiger partial charge is 0.259 e. The Kier molecular flexibility index (Phi) is 2.77. The van der Waals surface area contributed by atoms with E-state index in [0.29, 0.717) is 5.15 Å². The third kappa shape index (κ3) is 2.40. The zero-order chi connectivity index (χ0) is 9.10. The van der Waals surface area contributed by atoms with Gasteiger partial charge in [0, 0.05) is 11.6 Å². The third-order valence-corrected chi connectivity index (χ3v) is 3.16. The smallest absolute Gasteiger partial charge is 0.156 e. The van der Waals surface area contributed by atoms with Crippen LogP contribution in [0.3, 0.4) is 0 Å². The fourth-order valence-electron chi connectivity index (χ4n) is 0.725. The van der Waals surface area contributed by atoms with Crippen molar-refractivity contribution in [1.82, 2.24) is 15.0 Å². The van der Waals surface area contributed by atoms with Crippen LogP contribution in [-0.2, 0) is 0 Å². The lowest BCUT2D eigenvalue weighted by molar-refractivity contribution is 1.05. The summed E-state index contributed by atoms with van der Waals surface area (Å²) in [4.78, 5) is 12.1. The Bertz CT molecular complexity index is 390. The van der Waals surface area contributed by atoms with E-state index in [1.165, 1.54) is 18.0 Å². The molecule has 66 valence electrons. The summed E-state index contributed by atoms with van der Waals surface area (Å²) in [6.45, 7) is 0. The van der Waals surface area contributed by atoms with E-state index in [0.717, 1.165) is 9.37 Å². The first-order valence-electron chi connectivity index (χ1n) is 3.39. The molecule has 2 aromatic heterocycles. The maximum absolute atomic E-state index is 5.68. The molecule has 0 atom stereocenters. The first kappa shape index (κ1) is 8.93. The van der Waals surface area contributed by atoms with Gasteiger partial charge in [-0.2, -0.15) is 0 Å². The third-order valence-electron chi connectivity index (χ3n) is 1.18. The molecule has 0 saturated carbocycles. The van der Waals surface area contributed by atoms with Crippen LogP contribution in [0.2, 0.25) is 5.15 Å². The van der Waals surface area contributed by atoms with Gasteiger partial charge in [-0.25, -0.2) is 9.97 Å². The summed E-state index contributed by atoms with van der Waals surface area (Å²) in [5, 5.41) is 3.09. The van der Waals surface area contributed by atoms with Crippen LogP contribution in [0.25, 0.3) is 0 Å². The van der Waals surface area contributed by atoms with Crippen LogP contribution in [-0.4, -0.2) is 15.0 Å². The van der Waals surface area contributed by atoms with E-state index in [9.17, 15) is 0 Å². The van der Waals surface area contributed by atoms with Gasteiger partial charge < -0.3 is 0 Å². The maximum atomic E-state index is 5.68. The van der Waals surface area contributed by atoms with Crippen molar-refractivity contribution in [3.8, 4) is 0 Å². The number of nitrogens with zero attached hydrogens (tertiary/aromatic N) is 3. The van der Waals surface area contributed by atoms with Gasteiger partial charge in [-0.15, -0.1) is 11.3 Å². The molecule has 2 heterocycles. The second-order valence-corrected chi connectivity index (χ2v) is 4.63. The Morgan fingerprint density at radius 3 is 3.00 bits per heavy atom. The van der Waals surface area contributed by atoms with E-state index in [1.807, 2.05) is 5.38 Å². The summed E-state index contributed by atoms with van der Waals surface area (Å²) >= 11 is 8.70. The zero-order valence-corrected chi connectivity index (χ0v) is 8.73. The molecule has 6 heteroatoms. The van der Waals surface area contributed by atoms with Crippen molar-refractivity contribution in [2.45, 2.75) is 9.37 Å². The van der Waals surface area contributed by atoms with E-state index in [4.69, 9.17) is 11.6 Å². The standard InChI is InChI=1S/C7H4ClN3S2/c8-5-3-9-4-6(11-5)13-7-10-1-2-12-7/h1-4H. The van der Waals surface area contributed by atoms with E-state index in [-0.39, 0.29) is 0 Å². The van der Waals surface area contributed by atoms with E-state index >= 15 is 0 Å². The summed E-state index contributed by atoms with van der Waals surface area (Å²) in [5.41, 5.74) is 0. The molecule has 0 aliphatic carbocycles. The van der Waals surface area contributed by atoms with Crippen molar-refractivity contribution in [3.05, 3.63) is 29.1 Å². The SMILES string of the molecule is Clc1cncc(Sc2nccs2)n1. The van der Waals surface area contributed by atoms with Gasteiger partial charge in [0.25, 0.3) is 0 Å². The number of thiazole rings is 1. The molecule has 0 N–H and O–H groups in total. The van der Waals surface area contributed by atoms with Gasteiger partial charge in [-0.3, -0.25) is 4.98 Å². The van der Waals surface area contributed by atoms with Gasteiger partial charge in [0.15, 0.2) is 4.34 Å². The lowest BCUT2D eigenvalue weighted by Crippen LogP contribution is -1.82. The van der Waals surface area contributed by atoms with Crippen LogP contribution in [0.15, 0.2) is 33.3 Å². The van der Waals surface area contributed by atoms with Gasteiger partial charge in [-0.1, -0.05) is 11.6 Å². The number of hydrogen-bond acceptors (Lipinski definition) is 5. The highest BCUT2D eigenvalue weighted by Gasteiger charge is 2.01. The summed E-state index contributed by atoms with van der Waals surface area (Å²) in [7, 11) is 0. The second-order valence-electron chi connectivity index (χ2n) is 2.08.